The van der Waals surface area contributed by atoms with Crippen molar-refractivity contribution >= 4 is 23.6 Å². The fraction of sp³-hybridized carbons (Fsp3) is 0.200. The van der Waals surface area contributed by atoms with Gasteiger partial charge in [0.1, 0.15) is 0 Å². The highest BCUT2D eigenvalue weighted by molar-refractivity contribution is 5.94. The highest BCUT2D eigenvalue weighted by Crippen LogP contribution is 2.15. The first-order chi connectivity index (χ1) is 11.5. The van der Waals surface area contributed by atoms with E-state index in [0.29, 0.717) is 11.6 Å². The molecule has 2 rings (SSSR count). The molecule has 4 nitrogen and oxygen atoms in total. The van der Waals surface area contributed by atoms with Gasteiger partial charge in [-0.1, -0.05) is 56.3 Å². The van der Waals surface area contributed by atoms with E-state index in [-0.39, 0.29) is 12.5 Å². The van der Waals surface area contributed by atoms with Crippen molar-refractivity contribution in [3.05, 3.63) is 71.8 Å². The van der Waals surface area contributed by atoms with Crippen LogP contribution >= 0.6 is 0 Å². The van der Waals surface area contributed by atoms with E-state index in [0.717, 1.165) is 5.56 Å². The SMILES string of the molecule is CC(C)c1ccc(/C=C/C(=O)OCC(=O)Nc2ccccc2)cc1. The number of nitrogens with one attached hydrogen (secondary N) is 1. The van der Waals surface area contributed by atoms with E-state index in [9.17, 15) is 9.59 Å². The van der Waals surface area contributed by atoms with Gasteiger partial charge < -0.3 is 10.1 Å². The zero-order chi connectivity index (χ0) is 17.4. The molecule has 0 saturated heterocycles. The monoisotopic (exact) mass is 323 g/mol. The van der Waals surface area contributed by atoms with Gasteiger partial charge in [0.2, 0.25) is 0 Å². The Morgan fingerprint density at radius 1 is 1.04 bits per heavy atom. The second-order valence-electron chi connectivity index (χ2n) is 5.68. The van der Waals surface area contributed by atoms with Gasteiger partial charge in [-0.2, -0.15) is 0 Å². The Morgan fingerprint density at radius 3 is 2.33 bits per heavy atom. The second kappa shape index (κ2) is 8.67. The van der Waals surface area contributed by atoms with Crippen LogP contribution in [0.3, 0.4) is 0 Å². The van der Waals surface area contributed by atoms with E-state index in [1.54, 1.807) is 18.2 Å². The molecule has 0 aromatic heterocycles. The van der Waals surface area contributed by atoms with Crippen LogP contribution < -0.4 is 5.32 Å². The molecule has 0 fully saturated rings. The molecule has 0 aliphatic carbocycles. The Bertz CT molecular complexity index is 703. The third-order valence-electron chi connectivity index (χ3n) is 3.42. The maximum absolute atomic E-state index is 11.7. The van der Waals surface area contributed by atoms with Gasteiger partial charge in [0.05, 0.1) is 0 Å². The lowest BCUT2D eigenvalue weighted by molar-refractivity contribution is -0.142. The van der Waals surface area contributed by atoms with Gasteiger partial charge in [-0.3, -0.25) is 4.79 Å². The minimum Gasteiger partial charge on any atom is -0.452 e. The largest absolute Gasteiger partial charge is 0.452 e. The summed E-state index contributed by atoms with van der Waals surface area (Å²) in [4.78, 5) is 23.3. The lowest BCUT2D eigenvalue weighted by Gasteiger charge is -2.05. The maximum atomic E-state index is 11.7. The standard InChI is InChI=1S/C20H21NO3/c1-15(2)17-11-8-16(9-12-17)10-13-20(23)24-14-19(22)21-18-6-4-3-5-7-18/h3-13,15H,14H2,1-2H3,(H,21,22)/b13-10+. The molecule has 0 aliphatic rings. The summed E-state index contributed by atoms with van der Waals surface area (Å²) in [6, 6.07) is 17.0. The third kappa shape index (κ3) is 5.72. The van der Waals surface area contributed by atoms with Gasteiger partial charge in [-0.05, 0) is 35.3 Å². The molecule has 0 atom stereocenters. The molecule has 0 saturated carbocycles. The molecule has 0 spiro atoms. The summed E-state index contributed by atoms with van der Waals surface area (Å²) in [7, 11) is 0. The first-order valence-corrected chi connectivity index (χ1v) is 7.84. The van der Waals surface area contributed by atoms with Gasteiger partial charge in [0.25, 0.3) is 5.91 Å². The zero-order valence-corrected chi connectivity index (χ0v) is 13.9. The predicted molar refractivity (Wildman–Crippen MR) is 95.6 cm³/mol. The fourth-order valence-corrected chi connectivity index (χ4v) is 2.06. The van der Waals surface area contributed by atoms with E-state index in [1.165, 1.54) is 11.6 Å². The number of para-hydroxylation sites is 1. The molecule has 0 heterocycles. The topological polar surface area (TPSA) is 55.4 Å². The molecule has 0 radical (unpaired) electrons. The number of amides is 1. The predicted octanol–water partition coefficient (Wildman–Crippen LogP) is 4.01. The van der Waals surface area contributed by atoms with Crippen LogP contribution in [0.5, 0.6) is 0 Å². The highest BCUT2D eigenvalue weighted by atomic mass is 16.5. The molecule has 1 amide bonds. The first-order valence-electron chi connectivity index (χ1n) is 7.84. The Labute approximate surface area is 142 Å². The average Bonchev–Trinajstić information content (AvgIpc) is 2.59. The number of hydrogen-bond acceptors (Lipinski definition) is 3. The van der Waals surface area contributed by atoms with E-state index in [2.05, 4.69) is 19.2 Å². The van der Waals surface area contributed by atoms with Gasteiger partial charge in [-0.15, -0.1) is 0 Å². The summed E-state index contributed by atoms with van der Waals surface area (Å²) in [5.41, 5.74) is 2.82. The van der Waals surface area contributed by atoms with Gasteiger partial charge in [-0.25, -0.2) is 4.79 Å². The van der Waals surface area contributed by atoms with Crippen molar-refractivity contribution < 1.29 is 14.3 Å². The van der Waals surface area contributed by atoms with Crippen LogP contribution in [-0.2, 0) is 14.3 Å². The number of carbonyl (C=O) groups is 2. The normalized spacial score (nSPS) is 10.8. The number of rotatable bonds is 6. The zero-order valence-electron chi connectivity index (χ0n) is 13.9. The van der Waals surface area contributed by atoms with E-state index >= 15 is 0 Å². The molecule has 0 unspecified atom stereocenters. The molecule has 2 aromatic carbocycles. The Kier molecular flexibility index (Phi) is 6.32. The molecule has 1 N–H and O–H groups in total. The first kappa shape index (κ1) is 17.5. The van der Waals surface area contributed by atoms with Crippen LogP contribution in [0.15, 0.2) is 60.7 Å². The smallest absolute Gasteiger partial charge is 0.331 e. The number of carbonyl (C=O) groups excluding carboxylic acids is 2. The third-order valence-corrected chi connectivity index (χ3v) is 3.42. The van der Waals surface area contributed by atoms with Crippen LogP contribution in [0.25, 0.3) is 6.08 Å². The fourth-order valence-electron chi connectivity index (χ4n) is 2.06. The maximum Gasteiger partial charge on any atom is 0.331 e. The highest BCUT2D eigenvalue weighted by Gasteiger charge is 2.05. The summed E-state index contributed by atoms with van der Waals surface area (Å²) in [6.45, 7) is 3.94. The van der Waals surface area contributed by atoms with Crippen LogP contribution in [0.1, 0.15) is 30.9 Å². The average molecular weight is 323 g/mol. The molecular formula is C20H21NO3. The molecule has 0 aliphatic heterocycles. The number of ether oxygens (including phenoxy) is 1. The molecule has 4 heteroatoms. The summed E-state index contributed by atoms with van der Waals surface area (Å²) in [5, 5.41) is 2.65. The Hall–Kier alpha value is -2.88. The van der Waals surface area contributed by atoms with E-state index in [1.807, 2.05) is 42.5 Å². The summed E-state index contributed by atoms with van der Waals surface area (Å²) in [6.07, 6.45) is 2.99. The number of hydrogen-bond donors (Lipinski definition) is 1. The molecule has 124 valence electrons. The van der Waals surface area contributed by atoms with Crippen molar-refractivity contribution in [1.29, 1.82) is 0 Å². The second-order valence-corrected chi connectivity index (χ2v) is 5.68. The number of anilines is 1. The molecular weight excluding hydrogens is 302 g/mol. The van der Waals surface area contributed by atoms with Gasteiger partial charge >= 0.3 is 5.97 Å². The quantitative estimate of drug-likeness (QED) is 0.645. The summed E-state index contributed by atoms with van der Waals surface area (Å²) in [5.74, 6) is -0.452. The molecule has 2 aromatic rings. The van der Waals surface area contributed by atoms with Gasteiger partial charge in [0.15, 0.2) is 6.61 Å². The van der Waals surface area contributed by atoms with Crippen LogP contribution in [-0.4, -0.2) is 18.5 Å². The van der Waals surface area contributed by atoms with E-state index in [4.69, 9.17) is 4.74 Å². The minimum absolute atomic E-state index is 0.315. The van der Waals surface area contributed by atoms with Crippen molar-refractivity contribution in [3.8, 4) is 0 Å². The van der Waals surface area contributed by atoms with Crippen LogP contribution in [0.2, 0.25) is 0 Å². The number of esters is 1. The van der Waals surface area contributed by atoms with Crippen molar-refractivity contribution in [1.82, 2.24) is 0 Å². The summed E-state index contributed by atoms with van der Waals surface area (Å²) < 4.78 is 4.92. The lowest BCUT2D eigenvalue weighted by atomic mass is 10.0. The van der Waals surface area contributed by atoms with Crippen molar-refractivity contribution in [2.45, 2.75) is 19.8 Å². The van der Waals surface area contributed by atoms with Crippen LogP contribution in [0, 0.1) is 0 Å². The Balaban J connectivity index is 1.79. The van der Waals surface area contributed by atoms with Crippen LogP contribution in [0.4, 0.5) is 5.69 Å². The lowest BCUT2D eigenvalue weighted by Crippen LogP contribution is -2.20. The van der Waals surface area contributed by atoms with Crippen molar-refractivity contribution in [2.24, 2.45) is 0 Å². The minimum atomic E-state index is -0.550. The summed E-state index contributed by atoms with van der Waals surface area (Å²) >= 11 is 0. The molecule has 0 bridgehead atoms. The number of benzene rings is 2. The van der Waals surface area contributed by atoms with E-state index < -0.39 is 5.97 Å². The van der Waals surface area contributed by atoms with Gasteiger partial charge in [0, 0.05) is 11.8 Å². The molecule has 24 heavy (non-hydrogen) atoms. The Morgan fingerprint density at radius 2 is 1.71 bits per heavy atom. The van der Waals surface area contributed by atoms with Crippen molar-refractivity contribution in [3.63, 3.8) is 0 Å². The van der Waals surface area contributed by atoms with Crippen molar-refractivity contribution in [2.75, 3.05) is 11.9 Å².